The molecule has 1 aromatic heterocycles. The first-order valence-electron chi connectivity index (χ1n) is 7.61. The van der Waals surface area contributed by atoms with Crippen molar-refractivity contribution < 1.29 is 14.8 Å². The number of nitrogens with zero attached hydrogens (tertiary/aromatic N) is 2. The van der Waals surface area contributed by atoms with E-state index in [1.807, 2.05) is 0 Å². The minimum absolute atomic E-state index is 0.0903. The highest BCUT2D eigenvalue weighted by molar-refractivity contribution is 6.32. The number of aliphatic carboxylic acids is 1. The lowest BCUT2D eigenvalue weighted by Gasteiger charge is -2.09. The Morgan fingerprint density at radius 3 is 2.79 bits per heavy atom. The van der Waals surface area contributed by atoms with Gasteiger partial charge in [0.2, 0.25) is 0 Å². The molecule has 0 bridgehead atoms. The lowest BCUT2D eigenvalue weighted by atomic mass is 9.98. The van der Waals surface area contributed by atoms with Gasteiger partial charge in [-0.1, -0.05) is 24.9 Å². The fourth-order valence-corrected chi connectivity index (χ4v) is 2.73. The molecule has 2 aromatic rings. The molecular weight excluding hydrogens is 334 g/mol. The monoisotopic (exact) mass is 351 g/mol. The molecule has 1 heterocycles. The molecule has 0 radical (unpaired) electrons. The van der Waals surface area contributed by atoms with Crippen molar-refractivity contribution in [2.75, 3.05) is 0 Å². The van der Waals surface area contributed by atoms with Crippen molar-refractivity contribution in [2.24, 2.45) is 0 Å². The number of carboxylic acid groups (broad SMARTS) is 1. The Hall–Kier alpha value is -2.41. The smallest absolute Gasteiger partial charge is 0.309 e. The molecule has 0 aliphatic rings. The van der Waals surface area contributed by atoms with Crippen molar-refractivity contribution in [1.82, 2.24) is 9.97 Å². The number of carbonyl (C=O) groups is 1. The summed E-state index contributed by atoms with van der Waals surface area (Å²) in [6.45, 7) is 2.05. The predicted octanol–water partition coefficient (Wildman–Crippen LogP) is 3.53. The van der Waals surface area contributed by atoms with Gasteiger partial charge in [0.1, 0.15) is 10.8 Å². The Labute approximate surface area is 143 Å². The second kappa shape index (κ2) is 7.92. The van der Waals surface area contributed by atoms with E-state index in [0.29, 0.717) is 24.4 Å². The predicted molar refractivity (Wildman–Crippen MR) is 89.5 cm³/mol. The molecule has 128 valence electrons. The van der Waals surface area contributed by atoms with E-state index < -0.39 is 10.9 Å². The molecule has 2 rings (SSSR count). The van der Waals surface area contributed by atoms with E-state index in [9.17, 15) is 14.9 Å². The van der Waals surface area contributed by atoms with Crippen LogP contribution in [-0.2, 0) is 24.1 Å². The van der Waals surface area contributed by atoms with E-state index in [1.54, 1.807) is 6.07 Å². The van der Waals surface area contributed by atoms with Gasteiger partial charge >= 0.3 is 5.97 Å². The summed E-state index contributed by atoms with van der Waals surface area (Å²) < 4.78 is 0. The van der Waals surface area contributed by atoms with Gasteiger partial charge in [0, 0.05) is 24.4 Å². The van der Waals surface area contributed by atoms with Gasteiger partial charge in [-0.15, -0.1) is 0 Å². The molecule has 0 saturated heterocycles. The van der Waals surface area contributed by atoms with Gasteiger partial charge in [-0.2, -0.15) is 0 Å². The molecule has 0 aliphatic carbocycles. The van der Waals surface area contributed by atoms with Gasteiger partial charge in [-0.05, 0) is 30.0 Å². The van der Waals surface area contributed by atoms with Crippen LogP contribution in [0.2, 0.25) is 5.02 Å². The van der Waals surface area contributed by atoms with Crippen LogP contribution in [0, 0.1) is 10.1 Å². The number of aryl methyl sites for hydroxylation is 1. The number of aromatic amines is 1. The Balaban J connectivity index is 2.30. The van der Waals surface area contributed by atoms with E-state index in [0.717, 1.165) is 24.0 Å². The van der Waals surface area contributed by atoms with Crippen LogP contribution in [0.3, 0.4) is 0 Å². The minimum atomic E-state index is -0.938. The number of H-pyrrole nitrogens is 1. The van der Waals surface area contributed by atoms with Crippen LogP contribution < -0.4 is 0 Å². The van der Waals surface area contributed by atoms with E-state index in [-0.39, 0.29) is 17.1 Å². The first kappa shape index (κ1) is 17.9. The van der Waals surface area contributed by atoms with Gasteiger partial charge in [0.05, 0.1) is 11.3 Å². The Morgan fingerprint density at radius 1 is 1.42 bits per heavy atom. The highest BCUT2D eigenvalue weighted by Crippen LogP contribution is 2.30. The van der Waals surface area contributed by atoms with Crippen molar-refractivity contribution in [3.8, 4) is 0 Å². The quantitative estimate of drug-likeness (QED) is 0.558. The van der Waals surface area contributed by atoms with E-state index in [1.165, 1.54) is 12.3 Å². The van der Waals surface area contributed by atoms with E-state index in [4.69, 9.17) is 16.7 Å². The van der Waals surface area contributed by atoms with Crippen molar-refractivity contribution in [3.05, 3.63) is 56.1 Å². The number of aromatic nitrogens is 2. The van der Waals surface area contributed by atoms with Crippen molar-refractivity contribution in [2.45, 2.75) is 39.0 Å². The molecule has 0 spiro atoms. The number of benzene rings is 1. The summed E-state index contributed by atoms with van der Waals surface area (Å²) >= 11 is 6.02. The number of nitro groups is 1. The molecule has 7 nitrogen and oxygen atoms in total. The Bertz CT molecular complexity index is 758. The van der Waals surface area contributed by atoms with Crippen molar-refractivity contribution >= 4 is 23.3 Å². The largest absolute Gasteiger partial charge is 0.481 e. The first-order chi connectivity index (χ1) is 11.4. The fourth-order valence-electron chi connectivity index (χ4n) is 2.48. The molecule has 2 N–H and O–H groups in total. The zero-order valence-electron chi connectivity index (χ0n) is 13.2. The molecule has 1 aromatic carbocycles. The third-order valence-electron chi connectivity index (χ3n) is 3.65. The normalized spacial score (nSPS) is 10.8. The second-order valence-electron chi connectivity index (χ2n) is 5.54. The summed E-state index contributed by atoms with van der Waals surface area (Å²) in [6, 6.07) is 3.12. The highest BCUT2D eigenvalue weighted by Gasteiger charge is 2.17. The average Bonchev–Trinajstić information content (AvgIpc) is 2.92. The lowest BCUT2D eigenvalue weighted by Crippen LogP contribution is -2.02. The summed E-state index contributed by atoms with van der Waals surface area (Å²) in [6.07, 6.45) is 4.37. The number of imidazole rings is 1. The molecular formula is C16H18ClN3O4. The van der Waals surface area contributed by atoms with E-state index in [2.05, 4.69) is 16.9 Å². The second-order valence-corrected chi connectivity index (χ2v) is 5.94. The van der Waals surface area contributed by atoms with E-state index >= 15 is 0 Å². The Morgan fingerprint density at radius 2 is 2.17 bits per heavy atom. The number of hydrogen-bond donors (Lipinski definition) is 2. The number of rotatable bonds is 8. The molecule has 24 heavy (non-hydrogen) atoms. The molecule has 0 amide bonds. The van der Waals surface area contributed by atoms with Crippen LogP contribution >= 0.6 is 11.6 Å². The summed E-state index contributed by atoms with van der Waals surface area (Å²) in [5.74, 6) is -0.332. The lowest BCUT2D eigenvalue weighted by molar-refractivity contribution is -0.384. The van der Waals surface area contributed by atoms with Crippen molar-refractivity contribution in [1.29, 1.82) is 0 Å². The van der Waals surface area contributed by atoms with Crippen LogP contribution in [0.25, 0.3) is 0 Å². The maximum absolute atomic E-state index is 11.1. The van der Waals surface area contributed by atoms with Crippen LogP contribution in [0.15, 0.2) is 18.3 Å². The maximum Gasteiger partial charge on any atom is 0.309 e. The maximum atomic E-state index is 11.1. The van der Waals surface area contributed by atoms with Crippen LogP contribution in [0.5, 0.6) is 0 Å². The molecule has 0 fully saturated rings. The standard InChI is InChI=1S/C16H18ClN3O4/c1-2-3-4-10-6-14(20(23)24)13(17)5-11(10)7-15-18-9-12(19-15)8-16(21)22/h5-6,9H,2-4,7-8H2,1H3,(H,18,19)(H,21,22). The molecule has 0 unspecified atom stereocenters. The minimum Gasteiger partial charge on any atom is -0.481 e. The zero-order valence-corrected chi connectivity index (χ0v) is 14.0. The van der Waals surface area contributed by atoms with Gasteiger partial charge in [0.15, 0.2) is 0 Å². The van der Waals surface area contributed by atoms with Gasteiger partial charge in [-0.25, -0.2) is 4.98 Å². The fraction of sp³-hybridized carbons (Fsp3) is 0.375. The number of carboxylic acids is 1. The zero-order chi connectivity index (χ0) is 17.7. The summed E-state index contributed by atoms with van der Waals surface area (Å²) in [5.41, 5.74) is 2.14. The number of unbranched alkanes of at least 4 members (excludes halogenated alkanes) is 1. The summed E-state index contributed by atoms with van der Waals surface area (Å²) in [4.78, 5) is 28.5. The van der Waals surface area contributed by atoms with Crippen LogP contribution in [0.4, 0.5) is 5.69 Å². The molecule has 0 saturated carbocycles. The Kier molecular flexibility index (Phi) is 5.92. The summed E-state index contributed by atoms with van der Waals surface area (Å²) in [7, 11) is 0. The third kappa shape index (κ3) is 4.55. The topological polar surface area (TPSA) is 109 Å². The number of hydrogen-bond acceptors (Lipinski definition) is 4. The SMILES string of the molecule is CCCCc1cc([N+](=O)[O-])c(Cl)cc1Cc1ncc(CC(=O)O)[nH]1. The molecule has 8 heteroatoms. The number of halogens is 1. The van der Waals surface area contributed by atoms with Gasteiger partial charge in [0.25, 0.3) is 5.69 Å². The highest BCUT2D eigenvalue weighted by atomic mass is 35.5. The van der Waals surface area contributed by atoms with Gasteiger partial charge in [-0.3, -0.25) is 14.9 Å². The number of nitrogens with one attached hydrogen (secondary N) is 1. The van der Waals surface area contributed by atoms with Crippen LogP contribution in [0.1, 0.15) is 42.4 Å². The molecule has 0 aliphatic heterocycles. The van der Waals surface area contributed by atoms with Gasteiger partial charge < -0.3 is 10.1 Å². The van der Waals surface area contributed by atoms with Crippen LogP contribution in [-0.4, -0.2) is 26.0 Å². The molecule has 0 atom stereocenters. The van der Waals surface area contributed by atoms with Crippen molar-refractivity contribution in [3.63, 3.8) is 0 Å². The summed E-state index contributed by atoms with van der Waals surface area (Å²) in [5, 5.41) is 20.0. The number of nitro benzene ring substituents is 1. The third-order valence-corrected chi connectivity index (χ3v) is 3.95. The first-order valence-corrected chi connectivity index (χ1v) is 7.98. The average molecular weight is 352 g/mol.